The summed E-state index contributed by atoms with van der Waals surface area (Å²) in [5.74, 6) is 2.20. The van der Waals surface area contributed by atoms with Crippen molar-refractivity contribution in [2.24, 2.45) is 17.6 Å². The van der Waals surface area contributed by atoms with Crippen LogP contribution in [0.3, 0.4) is 0 Å². The fraction of sp³-hybridized carbons (Fsp3) is 0.368. The number of amides is 1. The fourth-order valence-electron chi connectivity index (χ4n) is 3.18. The summed E-state index contributed by atoms with van der Waals surface area (Å²) in [6.45, 7) is 0.560. The number of carbonyl (C=O) groups excluding carboxylic acids is 1. The average molecular weight is 341 g/mol. The van der Waals surface area contributed by atoms with Crippen molar-refractivity contribution in [3.05, 3.63) is 42.6 Å². The van der Waals surface area contributed by atoms with E-state index in [2.05, 4.69) is 10.3 Å². The summed E-state index contributed by atoms with van der Waals surface area (Å²) < 4.78 is 10.8. The van der Waals surface area contributed by atoms with Gasteiger partial charge in [0.15, 0.2) is 0 Å². The molecule has 6 heteroatoms. The van der Waals surface area contributed by atoms with Crippen LogP contribution in [0.1, 0.15) is 19.3 Å². The molecule has 3 rings (SSSR count). The topological polar surface area (TPSA) is 86.5 Å². The van der Waals surface area contributed by atoms with Gasteiger partial charge in [-0.15, -0.1) is 0 Å². The van der Waals surface area contributed by atoms with Gasteiger partial charge in [-0.25, -0.2) is 4.98 Å². The molecule has 1 aliphatic carbocycles. The number of carbonyl (C=O) groups is 1. The predicted octanol–water partition coefficient (Wildman–Crippen LogP) is 3.20. The standard InChI is InChI=1S/C19H23N3O3/c1-24-15-6-8-16(9-7-15)25-18-10-5-14(12-21-18)22-19(23)17-4-2-3-13(17)11-20/h5-10,12-13,17H,2-4,11,20H2,1H3,(H,22,23)/t13-,17-/m1/s1. The van der Waals surface area contributed by atoms with E-state index in [1.807, 2.05) is 24.3 Å². The summed E-state index contributed by atoms with van der Waals surface area (Å²) in [5, 5.41) is 2.93. The maximum absolute atomic E-state index is 12.4. The minimum Gasteiger partial charge on any atom is -0.497 e. The molecular formula is C19H23N3O3. The minimum atomic E-state index is 0.000209. The van der Waals surface area contributed by atoms with E-state index in [0.717, 1.165) is 25.0 Å². The van der Waals surface area contributed by atoms with E-state index in [1.165, 1.54) is 0 Å². The quantitative estimate of drug-likeness (QED) is 0.842. The summed E-state index contributed by atoms with van der Waals surface area (Å²) in [5.41, 5.74) is 6.41. The third-order valence-corrected chi connectivity index (χ3v) is 4.58. The van der Waals surface area contributed by atoms with E-state index in [9.17, 15) is 4.79 Å². The summed E-state index contributed by atoms with van der Waals surface area (Å²) in [6.07, 6.45) is 4.59. The highest BCUT2D eigenvalue weighted by Crippen LogP contribution is 2.32. The normalized spacial score (nSPS) is 19.4. The Morgan fingerprint density at radius 2 is 1.96 bits per heavy atom. The number of hydrogen-bond acceptors (Lipinski definition) is 5. The first kappa shape index (κ1) is 17.2. The zero-order chi connectivity index (χ0) is 17.6. The van der Waals surface area contributed by atoms with E-state index in [-0.39, 0.29) is 17.7 Å². The number of pyridine rings is 1. The Kier molecular flexibility index (Phi) is 5.50. The van der Waals surface area contributed by atoms with Gasteiger partial charge in [-0.3, -0.25) is 4.79 Å². The molecule has 1 fully saturated rings. The first-order valence-electron chi connectivity index (χ1n) is 8.48. The van der Waals surface area contributed by atoms with Crippen LogP contribution in [0.5, 0.6) is 17.4 Å². The van der Waals surface area contributed by atoms with Crippen LogP contribution in [0.15, 0.2) is 42.6 Å². The van der Waals surface area contributed by atoms with Crippen molar-refractivity contribution in [1.29, 1.82) is 0 Å². The predicted molar refractivity (Wildman–Crippen MR) is 95.8 cm³/mol. The molecule has 1 heterocycles. The number of nitrogens with zero attached hydrogens (tertiary/aromatic N) is 1. The van der Waals surface area contributed by atoms with Gasteiger partial charge in [0.2, 0.25) is 11.8 Å². The smallest absolute Gasteiger partial charge is 0.227 e. The molecule has 0 bridgehead atoms. The lowest BCUT2D eigenvalue weighted by atomic mass is 9.95. The van der Waals surface area contributed by atoms with Crippen LogP contribution < -0.4 is 20.5 Å². The monoisotopic (exact) mass is 341 g/mol. The molecule has 1 amide bonds. The third-order valence-electron chi connectivity index (χ3n) is 4.58. The minimum absolute atomic E-state index is 0.000209. The van der Waals surface area contributed by atoms with E-state index in [0.29, 0.717) is 23.9 Å². The summed E-state index contributed by atoms with van der Waals surface area (Å²) in [4.78, 5) is 16.6. The Morgan fingerprint density at radius 1 is 1.20 bits per heavy atom. The SMILES string of the molecule is COc1ccc(Oc2ccc(NC(=O)[C@@H]3CCC[C@@H]3CN)cn2)cc1. The molecule has 132 valence electrons. The van der Waals surface area contributed by atoms with Gasteiger partial charge in [-0.2, -0.15) is 0 Å². The average Bonchev–Trinajstić information content (AvgIpc) is 3.13. The third kappa shape index (κ3) is 4.28. The molecule has 0 spiro atoms. The summed E-state index contributed by atoms with van der Waals surface area (Å²) in [7, 11) is 1.62. The Morgan fingerprint density at radius 3 is 2.60 bits per heavy atom. The van der Waals surface area contributed by atoms with E-state index in [1.54, 1.807) is 25.4 Å². The largest absolute Gasteiger partial charge is 0.497 e. The molecule has 0 radical (unpaired) electrons. The van der Waals surface area contributed by atoms with Crippen LogP contribution >= 0.6 is 0 Å². The van der Waals surface area contributed by atoms with E-state index >= 15 is 0 Å². The van der Waals surface area contributed by atoms with Crippen LogP contribution in [0.4, 0.5) is 5.69 Å². The lowest BCUT2D eigenvalue weighted by Crippen LogP contribution is -2.29. The van der Waals surface area contributed by atoms with Gasteiger partial charge >= 0.3 is 0 Å². The molecule has 0 unspecified atom stereocenters. The van der Waals surface area contributed by atoms with Crippen LogP contribution in [0, 0.1) is 11.8 Å². The Balaban J connectivity index is 1.59. The number of nitrogens with one attached hydrogen (secondary N) is 1. The first-order chi connectivity index (χ1) is 12.2. The van der Waals surface area contributed by atoms with Crippen molar-refractivity contribution in [3.8, 4) is 17.4 Å². The van der Waals surface area contributed by atoms with Crippen molar-refractivity contribution in [2.75, 3.05) is 19.0 Å². The van der Waals surface area contributed by atoms with Gasteiger partial charge in [0.05, 0.1) is 19.0 Å². The van der Waals surface area contributed by atoms with Crippen LogP contribution in [-0.4, -0.2) is 24.5 Å². The molecule has 2 aromatic rings. The lowest BCUT2D eigenvalue weighted by molar-refractivity contribution is -0.120. The highest BCUT2D eigenvalue weighted by molar-refractivity contribution is 5.92. The number of rotatable bonds is 6. The number of benzene rings is 1. The molecule has 1 aromatic heterocycles. The molecule has 0 saturated heterocycles. The Bertz CT molecular complexity index is 701. The number of anilines is 1. The first-order valence-corrected chi connectivity index (χ1v) is 8.48. The van der Waals surface area contributed by atoms with Crippen LogP contribution in [-0.2, 0) is 4.79 Å². The van der Waals surface area contributed by atoms with Crippen molar-refractivity contribution >= 4 is 11.6 Å². The number of nitrogens with two attached hydrogens (primary N) is 1. The van der Waals surface area contributed by atoms with E-state index < -0.39 is 0 Å². The van der Waals surface area contributed by atoms with Crippen molar-refractivity contribution in [2.45, 2.75) is 19.3 Å². The molecule has 1 aromatic carbocycles. The van der Waals surface area contributed by atoms with Gasteiger partial charge in [-0.05, 0) is 55.6 Å². The Hall–Kier alpha value is -2.60. The van der Waals surface area contributed by atoms with Gasteiger partial charge in [-0.1, -0.05) is 6.42 Å². The maximum atomic E-state index is 12.4. The number of aromatic nitrogens is 1. The zero-order valence-corrected chi connectivity index (χ0v) is 14.3. The molecule has 1 saturated carbocycles. The number of methoxy groups -OCH3 is 1. The van der Waals surface area contributed by atoms with E-state index in [4.69, 9.17) is 15.2 Å². The molecule has 2 atom stereocenters. The maximum Gasteiger partial charge on any atom is 0.227 e. The van der Waals surface area contributed by atoms with Crippen LogP contribution in [0.25, 0.3) is 0 Å². The molecule has 6 nitrogen and oxygen atoms in total. The number of hydrogen-bond donors (Lipinski definition) is 2. The number of ether oxygens (including phenoxy) is 2. The highest BCUT2D eigenvalue weighted by Gasteiger charge is 2.31. The molecule has 25 heavy (non-hydrogen) atoms. The molecular weight excluding hydrogens is 318 g/mol. The zero-order valence-electron chi connectivity index (χ0n) is 14.3. The van der Waals surface area contributed by atoms with Crippen molar-refractivity contribution < 1.29 is 14.3 Å². The van der Waals surface area contributed by atoms with Gasteiger partial charge < -0.3 is 20.5 Å². The second-order valence-electron chi connectivity index (χ2n) is 6.19. The second kappa shape index (κ2) is 7.98. The van der Waals surface area contributed by atoms with Crippen LogP contribution in [0.2, 0.25) is 0 Å². The molecule has 0 aliphatic heterocycles. The fourth-order valence-corrected chi connectivity index (χ4v) is 3.18. The molecule has 3 N–H and O–H groups in total. The van der Waals surface area contributed by atoms with Crippen molar-refractivity contribution in [1.82, 2.24) is 4.98 Å². The molecule has 1 aliphatic rings. The highest BCUT2D eigenvalue weighted by atomic mass is 16.5. The van der Waals surface area contributed by atoms with Gasteiger partial charge in [0.25, 0.3) is 0 Å². The summed E-state index contributed by atoms with van der Waals surface area (Å²) in [6, 6.07) is 10.8. The van der Waals surface area contributed by atoms with Crippen molar-refractivity contribution in [3.63, 3.8) is 0 Å². The lowest BCUT2D eigenvalue weighted by Gasteiger charge is -2.17. The second-order valence-corrected chi connectivity index (χ2v) is 6.19. The Labute approximate surface area is 147 Å². The van der Waals surface area contributed by atoms with Gasteiger partial charge in [0.1, 0.15) is 11.5 Å². The van der Waals surface area contributed by atoms with Gasteiger partial charge in [0, 0.05) is 12.0 Å². The summed E-state index contributed by atoms with van der Waals surface area (Å²) >= 11 is 0.